The highest BCUT2D eigenvalue weighted by Crippen LogP contribution is 2.59. The lowest BCUT2D eigenvalue weighted by Crippen LogP contribution is -2.32. The summed E-state index contributed by atoms with van der Waals surface area (Å²) in [4.78, 5) is 24.8. The molecule has 6 nitrogen and oxygen atoms in total. The number of carbonyl (C=O) groups excluding carboxylic acids is 1. The molecule has 166 valence electrons. The van der Waals surface area contributed by atoms with Gasteiger partial charge in [-0.05, 0) is 42.9 Å². The molecule has 0 amide bonds. The van der Waals surface area contributed by atoms with Gasteiger partial charge in [-0.1, -0.05) is 13.8 Å². The van der Waals surface area contributed by atoms with Crippen LogP contribution >= 0.6 is 0 Å². The van der Waals surface area contributed by atoms with Crippen molar-refractivity contribution in [1.29, 1.82) is 0 Å². The summed E-state index contributed by atoms with van der Waals surface area (Å²) in [5, 5.41) is 0. The zero-order chi connectivity index (χ0) is 22.3. The van der Waals surface area contributed by atoms with Gasteiger partial charge < -0.3 is 18.8 Å². The third kappa shape index (κ3) is 3.67. The summed E-state index contributed by atoms with van der Waals surface area (Å²) in [6, 6.07) is 5.84. The molecular formula is C25H31NO5. The average molecular weight is 426 g/mol. The molecular weight excluding hydrogens is 394 g/mol. The van der Waals surface area contributed by atoms with Gasteiger partial charge in [-0.25, -0.2) is 0 Å². The van der Waals surface area contributed by atoms with Crippen LogP contribution in [0.5, 0.6) is 11.5 Å². The van der Waals surface area contributed by atoms with Crippen molar-refractivity contribution in [2.75, 3.05) is 27.4 Å². The van der Waals surface area contributed by atoms with E-state index in [1.807, 2.05) is 6.07 Å². The molecule has 1 aromatic carbocycles. The number of aromatic nitrogens is 1. The van der Waals surface area contributed by atoms with E-state index in [2.05, 4.69) is 24.5 Å². The molecule has 1 saturated carbocycles. The van der Waals surface area contributed by atoms with Gasteiger partial charge in [-0.15, -0.1) is 0 Å². The van der Waals surface area contributed by atoms with Crippen LogP contribution in [-0.2, 0) is 4.74 Å². The molecule has 2 heterocycles. The quantitative estimate of drug-likeness (QED) is 0.479. The number of nitrogens with zero attached hydrogens (tertiary/aromatic N) is 1. The number of hydrogen-bond donors (Lipinski definition) is 0. The van der Waals surface area contributed by atoms with E-state index in [1.54, 1.807) is 26.5 Å². The molecule has 0 spiro atoms. The summed E-state index contributed by atoms with van der Waals surface area (Å²) in [6.45, 7) is 7.17. The third-order valence-corrected chi connectivity index (χ3v) is 6.80. The van der Waals surface area contributed by atoms with Crippen molar-refractivity contribution >= 4 is 5.78 Å². The van der Waals surface area contributed by atoms with E-state index in [4.69, 9.17) is 14.2 Å². The van der Waals surface area contributed by atoms with Gasteiger partial charge in [0.15, 0.2) is 22.7 Å². The number of rotatable bonds is 7. The van der Waals surface area contributed by atoms with Crippen LogP contribution in [0.3, 0.4) is 0 Å². The molecule has 4 rings (SSSR count). The van der Waals surface area contributed by atoms with E-state index in [1.165, 1.54) is 12.5 Å². The van der Waals surface area contributed by atoms with Crippen molar-refractivity contribution in [2.24, 2.45) is 5.41 Å². The first kappa shape index (κ1) is 21.6. The second-order valence-corrected chi connectivity index (χ2v) is 9.26. The summed E-state index contributed by atoms with van der Waals surface area (Å²) >= 11 is 0. The van der Waals surface area contributed by atoms with E-state index >= 15 is 0 Å². The van der Waals surface area contributed by atoms with E-state index in [-0.39, 0.29) is 34.2 Å². The van der Waals surface area contributed by atoms with Crippen LogP contribution in [0.2, 0.25) is 0 Å². The molecule has 0 radical (unpaired) electrons. The van der Waals surface area contributed by atoms with Crippen LogP contribution < -0.4 is 14.9 Å². The lowest BCUT2D eigenvalue weighted by molar-refractivity contribution is 0.101. The predicted octanol–water partition coefficient (Wildman–Crippen LogP) is 4.60. The highest BCUT2D eigenvalue weighted by Gasteiger charge is 2.47. The van der Waals surface area contributed by atoms with Gasteiger partial charge in [0.1, 0.15) is 0 Å². The second-order valence-electron chi connectivity index (χ2n) is 9.26. The normalized spacial score (nSPS) is 20.5. The van der Waals surface area contributed by atoms with E-state index in [0.29, 0.717) is 19.0 Å². The average Bonchev–Trinajstić information content (AvgIpc) is 3.05. The third-order valence-electron chi connectivity index (χ3n) is 6.80. The zero-order valence-electron chi connectivity index (χ0n) is 19.0. The fraction of sp³-hybridized carbons (Fsp3) is 0.520. The molecule has 1 aliphatic carbocycles. The number of benzene rings is 1. The van der Waals surface area contributed by atoms with Gasteiger partial charge in [0.25, 0.3) is 0 Å². The molecule has 2 aliphatic rings. The van der Waals surface area contributed by atoms with E-state index in [9.17, 15) is 9.59 Å². The molecule has 0 unspecified atom stereocenters. The number of hydrogen-bond acceptors (Lipinski definition) is 5. The first-order valence-corrected chi connectivity index (χ1v) is 10.9. The minimum absolute atomic E-state index is 0.0413. The van der Waals surface area contributed by atoms with Crippen LogP contribution in [-0.4, -0.2) is 37.8 Å². The largest absolute Gasteiger partial charge is 0.493 e. The zero-order valence-corrected chi connectivity index (χ0v) is 19.0. The van der Waals surface area contributed by atoms with E-state index < -0.39 is 0 Å². The van der Waals surface area contributed by atoms with Crippen molar-refractivity contribution in [2.45, 2.75) is 52.0 Å². The van der Waals surface area contributed by atoms with Crippen LogP contribution in [0, 0.1) is 5.41 Å². The molecule has 1 aromatic heterocycles. The fourth-order valence-corrected chi connectivity index (χ4v) is 5.30. The molecule has 1 fully saturated rings. The Morgan fingerprint density at radius 1 is 1.16 bits per heavy atom. The van der Waals surface area contributed by atoms with E-state index in [0.717, 1.165) is 36.3 Å². The van der Waals surface area contributed by atoms with Crippen LogP contribution in [0.25, 0.3) is 11.3 Å². The Kier molecular flexibility index (Phi) is 5.69. The smallest absolute Gasteiger partial charge is 0.192 e. The summed E-state index contributed by atoms with van der Waals surface area (Å²) in [6.07, 6.45) is 4.68. The van der Waals surface area contributed by atoms with Gasteiger partial charge in [0.2, 0.25) is 0 Å². The van der Waals surface area contributed by atoms with Gasteiger partial charge >= 0.3 is 0 Å². The molecule has 2 atom stereocenters. The Bertz CT molecular complexity index is 1070. The Labute approximate surface area is 183 Å². The number of fused-ring (bicyclic) bond motifs is 6. The molecule has 1 aliphatic heterocycles. The van der Waals surface area contributed by atoms with Crippen LogP contribution in [0.4, 0.5) is 0 Å². The minimum atomic E-state index is -0.238. The lowest BCUT2D eigenvalue weighted by Gasteiger charge is -2.40. The topological polar surface area (TPSA) is 66.8 Å². The maximum atomic E-state index is 12.7. The van der Waals surface area contributed by atoms with Crippen LogP contribution in [0.15, 0.2) is 29.2 Å². The summed E-state index contributed by atoms with van der Waals surface area (Å²) in [5.41, 5.74) is 3.06. The molecule has 31 heavy (non-hydrogen) atoms. The number of carbonyl (C=O) groups is 1. The highest BCUT2D eigenvalue weighted by molar-refractivity contribution is 5.94. The Morgan fingerprint density at radius 3 is 2.61 bits per heavy atom. The minimum Gasteiger partial charge on any atom is -0.493 e. The number of methoxy groups -OCH3 is 2. The molecule has 6 heteroatoms. The highest BCUT2D eigenvalue weighted by atomic mass is 16.5. The number of pyridine rings is 1. The number of ether oxygens (including phenoxy) is 3. The monoisotopic (exact) mass is 425 g/mol. The number of Topliss-reactive ketones (excluding diaryl/α,β-unsaturated/α-hetero) is 1. The molecule has 0 bridgehead atoms. The summed E-state index contributed by atoms with van der Waals surface area (Å²) < 4.78 is 18.9. The maximum Gasteiger partial charge on any atom is 0.192 e. The van der Waals surface area contributed by atoms with Gasteiger partial charge in [-0.2, -0.15) is 0 Å². The Balaban J connectivity index is 1.88. The van der Waals surface area contributed by atoms with Crippen LogP contribution in [0.1, 0.15) is 67.9 Å². The number of ketones is 1. The van der Waals surface area contributed by atoms with Crippen molar-refractivity contribution in [3.05, 3.63) is 45.7 Å². The first-order chi connectivity index (χ1) is 14.8. The van der Waals surface area contributed by atoms with Crippen molar-refractivity contribution in [3.8, 4) is 22.8 Å². The van der Waals surface area contributed by atoms with Gasteiger partial charge in [0, 0.05) is 49.9 Å². The molecule has 0 N–H and O–H groups in total. The predicted molar refractivity (Wildman–Crippen MR) is 119 cm³/mol. The van der Waals surface area contributed by atoms with Gasteiger partial charge in [-0.3, -0.25) is 9.59 Å². The SMILES string of the molecule is COCCCOc1cc2c(cc1OC)-c1cc(=O)c(C(C)=O)cn1[C@H]1[C@H]2CCC1(C)C. The van der Waals surface area contributed by atoms with Crippen molar-refractivity contribution in [1.82, 2.24) is 4.57 Å². The first-order valence-electron chi connectivity index (χ1n) is 10.9. The Morgan fingerprint density at radius 2 is 1.94 bits per heavy atom. The second kappa shape index (κ2) is 8.15. The molecule has 0 saturated heterocycles. The maximum absolute atomic E-state index is 12.7. The standard InChI is InChI=1S/C25H31NO5/c1-15(27)19-14-26-20(13-21(19)28)18-12-22(30-5)23(31-10-6-9-29-4)11-17(18)16-7-8-25(2,3)24(16)26/h11-14,16,24H,6-10H2,1-5H3/t16-,24-/m0/s1. The fourth-order valence-electron chi connectivity index (χ4n) is 5.30. The Hall–Kier alpha value is -2.60. The lowest BCUT2D eigenvalue weighted by atomic mass is 9.77. The summed E-state index contributed by atoms with van der Waals surface area (Å²) in [5.74, 6) is 1.45. The molecule has 2 aromatic rings. The van der Waals surface area contributed by atoms with Crippen molar-refractivity contribution < 1.29 is 19.0 Å². The van der Waals surface area contributed by atoms with Crippen molar-refractivity contribution in [3.63, 3.8) is 0 Å². The van der Waals surface area contributed by atoms with Gasteiger partial charge in [0.05, 0.1) is 25.0 Å². The summed E-state index contributed by atoms with van der Waals surface area (Å²) in [7, 11) is 3.30.